The average molecular weight is 345 g/mol. The van der Waals surface area contributed by atoms with E-state index in [0.717, 1.165) is 27.9 Å². The summed E-state index contributed by atoms with van der Waals surface area (Å²) in [6, 6.07) is 9.68. The third-order valence-electron chi connectivity index (χ3n) is 2.81. The Morgan fingerprint density at radius 2 is 1.87 bits per heavy atom. The van der Waals surface area contributed by atoms with Crippen LogP contribution in [0.1, 0.15) is 11.3 Å². The van der Waals surface area contributed by atoms with Crippen molar-refractivity contribution in [3.05, 3.63) is 59.3 Å². The maximum Gasteiger partial charge on any atom is 0.435 e. The molecule has 1 aromatic carbocycles. The zero-order valence-electron chi connectivity index (χ0n) is 11.9. The number of alkyl halides is 3. The van der Waals surface area contributed by atoms with Crippen LogP contribution in [0.3, 0.4) is 0 Å². The topological polar surface area (TPSA) is 64.0 Å². The highest BCUT2D eigenvalue weighted by Crippen LogP contribution is 2.27. The Kier molecular flexibility index (Phi) is 5.22. The summed E-state index contributed by atoms with van der Waals surface area (Å²) >= 11 is 0. The van der Waals surface area contributed by atoms with Crippen LogP contribution in [0.4, 0.5) is 13.2 Å². The number of halogens is 3. The predicted molar refractivity (Wildman–Crippen MR) is 79.6 cm³/mol. The molecule has 0 saturated heterocycles. The molecule has 0 aliphatic heterocycles. The van der Waals surface area contributed by atoms with E-state index in [2.05, 4.69) is 9.82 Å². The Balaban J connectivity index is 1.88. The van der Waals surface area contributed by atoms with Crippen LogP contribution in [-0.2, 0) is 22.7 Å². The lowest BCUT2D eigenvalue weighted by atomic mass is 10.2. The summed E-state index contributed by atoms with van der Waals surface area (Å²) in [6.07, 6.45) is -1.93. The van der Waals surface area contributed by atoms with Gasteiger partial charge < -0.3 is 0 Å². The van der Waals surface area contributed by atoms with Gasteiger partial charge in [-0.25, -0.2) is 13.1 Å². The fourth-order valence-corrected chi connectivity index (χ4v) is 2.53. The number of rotatable bonds is 6. The van der Waals surface area contributed by atoms with Gasteiger partial charge in [-0.1, -0.05) is 30.3 Å². The lowest BCUT2D eigenvalue weighted by Crippen LogP contribution is -2.25. The maximum atomic E-state index is 12.4. The van der Waals surface area contributed by atoms with Crippen LogP contribution < -0.4 is 4.72 Å². The first-order valence-electron chi connectivity index (χ1n) is 6.60. The molecule has 2 rings (SSSR count). The molecule has 5 nitrogen and oxygen atoms in total. The van der Waals surface area contributed by atoms with E-state index in [1.54, 1.807) is 24.3 Å². The highest BCUT2D eigenvalue weighted by molar-refractivity contribution is 7.92. The molecular weight excluding hydrogens is 331 g/mol. The third kappa shape index (κ3) is 5.53. The molecule has 0 radical (unpaired) electrons. The highest BCUT2D eigenvalue weighted by Gasteiger charge is 2.33. The van der Waals surface area contributed by atoms with Crippen LogP contribution >= 0.6 is 0 Å². The van der Waals surface area contributed by atoms with Crippen molar-refractivity contribution in [1.29, 1.82) is 0 Å². The van der Waals surface area contributed by atoms with Gasteiger partial charge in [-0.05, 0) is 17.7 Å². The number of hydrogen-bond donors (Lipinski definition) is 1. The molecule has 0 bridgehead atoms. The molecule has 0 aliphatic carbocycles. The molecule has 0 unspecified atom stereocenters. The second-order valence-electron chi connectivity index (χ2n) is 4.61. The van der Waals surface area contributed by atoms with E-state index in [9.17, 15) is 21.6 Å². The van der Waals surface area contributed by atoms with Gasteiger partial charge in [-0.2, -0.15) is 18.3 Å². The summed E-state index contributed by atoms with van der Waals surface area (Å²) in [4.78, 5) is 0. The smallest absolute Gasteiger partial charge is 0.271 e. The van der Waals surface area contributed by atoms with Crippen molar-refractivity contribution in [2.45, 2.75) is 12.7 Å². The summed E-state index contributed by atoms with van der Waals surface area (Å²) in [5.74, 6) is 0. The minimum Gasteiger partial charge on any atom is -0.271 e. The lowest BCUT2D eigenvalue weighted by molar-refractivity contribution is -0.141. The SMILES string of the molecule is O=S(=O)(C=Cc1ccccc1)NCCn1ccc(C(F)(F)F)n1. The van der Waals surface area contributed by atoms with Crippen LogP contribution in [-0.4, -0.2) is 24.7 Å². The van der Waals surface area contributed by atoms with E-state index < -0.39 is 21.9 Å². The first kappa shape index (κ1) is 17.2. The van der Waals surface area contributed by atoms with Crippen molar-refractivity contribution in [3.8, 4) is 0 Å². The number of nitrogens with one attached hydrogen (secondary N) is 1. The summed E-state index contributed by atoms with van der Waals surface area (Å²) in [5, 5.41) is 4.34. The van der Waals surface area contributed by atoms with Gasteiger partial charge >= 0.3 is 6.18 Å². The van der Waals surface area contributed by atoms with Gasteiger partial charge in [-0.15, -0.1) is 0 Å². The van der Waals surface area contributed by atoms with E-state index in [4.69, 9.17) is 0 Å². The third-order valence-corrected chi connectivity index (χ3v) is 3.92. The first-order chi connectivity index (χ1) is 10.8. The second-order valence-corrected chi connectivity index (χ2v) is 6.27. The van der Waals surface area contributed by atoms with Gasteiger partial charge in [0.1, 0.15) is 0 Å². The van der Waals surface area contributed by atoms with Crippen LogP contribution in [0.25, 0.3) is 6.08 Å². The van der Waals surface area contributed by atoms with Crippen LogP contribution in [0.15, 0.2) is 48.0 Å². The first-order valence-corrected chi connectivity index (χ1v) is 8.14. The van der Waals surface area contributed by atoms with Gasteiger partial charge in [-0.3, -0.25) is 4.68 Å². The van der Waals surface area contributed by atoms with Crippen molar-refractivity contribution < 1.29 is 21.6 Å². The normalized spacial score (nSPS) is 12.8. The maximum absolute atomic E-state index is 12.4. The minimum atomic E-state index is -4.51. The average Bonchev–Trinajstić information content (AvgIpc) is 2.95. The molecule has 0 aliphatic rings. The second kappa shape index (κ2) is 6.97. The molecule has 2 aromatic rings. The number of benzene rings is 1. The molecule has 1 aromatic heterocycles. The quantitative estimate of drug-likeness (QED) is 0.875. The Bertz CT molecular complexity index is 768. The molecular formula is C14H14F3N3O2S. The number of aromatic nitrogens is 2. The van der Waals surface area contributed by atoms with Gasteiger partial charge in [0.25, 0.3) is 0 Å². The summed E-state index contributed by atoms with van der Waals surface area (Å²) < 4.78 is 63.9. The summed E-state index contributed by atoms with van der Waals surface area (Å²) in [6.45, 7) is -0.0745. The Hall–Kier alpha value is -2.13. The molecule has 9 heteroatoms. The molecule has 1 N–H and O–H groups in total. The largest absolute Gasteiger partial charge is 0.435 e. The van der Waals surface area contributed by atoms with E-state index in [1.807, 2.05) is 6.07 Å². The zero-order chi connectivity index (χ0) is 16.9. The van der Waals surface area contributed by atoms with Crippen molar-refractivity contribution in [1.82, 2.24) is 14.5 Å². The van der Waals surface area contributed by atoms with Crippen molar-refractivity contribution in [3.63, 3.8) is 0 Å². The standard InChI is InChI=1S/C14H14F3N3O2S/c15-14(16,17)13-6-9-20(19-13)10-8-18-23(21,22)11-7-12-4-2-1-3-5-12/h1-7,9,11,18H,8,10H2. The number of sulfonamides is 1. The van der Waals surface area contributed by atoms with Gasteiger partial charge in [0.05, 0.1) is 6.54 Å². The van der Waals surface area contributed by atoms with Crippen molar-refractivity contribution in [2.24, 2.45) is 0 Å². The monoisotopic (exact) mass is 345 g/mol. The molecule has 0 amide bonds. The van der Waals surface area contributed by atoms with E-state index in [1.165, 1.54) is 6.08 Å². The Labute approximate surface area is 131 Å². The van der Waals surface area contributed by atoms with Crippen LogP contribution in [0.5, 0.6) is 0 Å². The van der Waals surface area contributed by atoms with E-state index >= 15 is 0 Å². The molecule has 1 heterocycles. The summed E-state index contributed by atoms with van der Waals surface area (Å²) in [7, 11) is -3.67. The fourth-order valence-electron chi connectivity index (χ4n) is 1.72. The molecule has 23 heavy (non-hydrogen) atoms. The van der Waals surface area contributed by atoms with Gasteiger partial charge in [0.2, 0.25) is 10.0 Å². The molecule has 0 spiro atoms. The summed E-state index contributed by atoms with van der Waals surface area (Å²) in [5.41, 5.74) is -0.288. The van der Waals surface area contributed by atoms with Gasteiger partial charge in [0, 0.05) is 18.1 Å². The van der Waals surface area contributed by atoms with E-state index in [-0.39, 0.29) is 13.1 Å². The predicted octanol–water partition coefficient (Wildman–Crippen LogP) is 2.49. The number of nitrogens with zero attached hydrogens (tertiary/aromatic N) is 2. The van der Waals surface area contributed by atoms with Crippen molar-refractivity contribution in [2.75, 3.05) is 6.54 Å². The molecule has 0 saturated carbocycles. The number of hydrogen-bond acceptors (Lipinski definition) is 3. The molecule has 0 atom stereocenters. The Morgan fingerprint density at radius 1 is 1.17 bits per heavy atom. The van der Waals surface area contributed by atoms with Crippen LogP contribution in [0, 0.1) is 0 Å². The highest BCUT2D eigenvalue weighted by atomic mass is 32.2. The lowest BCUT2D eigenvalue weighted by Gasteiger charge is -2.04. The molecule has 0 fully saturated rings. The fraction of sp³-hybridized carbons (Fsp3) is 0.214. The Morgan fingerprint density at radius 3 is 2.48 bits per heavy atom. The molecule has 124 valence electrons. The van der Waals surface area contributed by atoms with Gasteiger partial charge in [0.15, 0.2) is 5.69 Å². The van der Waals surface area contributed by atoms with E-state index in [0.29, 0.717) is 0 Å². The van der Waals surface area contributed by atoms with Crippen LogP contribution in [0.2, 0.25) is 0 Å². The zero-order valence-corrected chi connectivity index (χ0v) is 12.7. The minimum absolute atomic E-state index is 0.00547. The van der Waals surface area contributed by atoms with Crippen molar-refractivity contribution >= 4 is 16.1 Å².